The van der Waals surface area contributed by atoms with Crippen molar-refractivity contribution in [1.29, 1.82) is 0 Å². The van der Waals surface area contributed by atoms with Crippen LogP contribution in [-0.4, -0.2) is 16.1 Å². The maximum Gasteiger partial charge on any atom is 0.102 e. The van der Waals surface area contributed by atoms with E-state index in [2.05, 4.69) is 71.9 Å². The molecule has 4 aliphatic carbocycles. The van der Waals surface area contributed by atoms with Crippen LogP contribution in [0.4, 0.5) is 0 Å². The molecule has 1 aromatic rings. The SMILES string of the molecule is CSC1(c2ccccc2)SCSC12C1CC3CC(C1)CC2C3. The minimum atomic E-state index is 0.293. The largest absolute Gasteiger partial charge is 0.141 e. The molecule has 0 N–H and O–H groups in total. The molecule has 1 spiro atoms. The molecule has 0 radical (unpaired) electrons. The average molecular weight is 349 g/mol. The van der Waals surface area contributed by atoms with Gasteiger partial charge in [-0.2, -0.15) is 0 Å². The third kappa shape index (κ3) is 1.71. The summed E-state index contributed by atoms with van der Waals surface area (Å²) in [7, 11) is 0. The summed E-state index contributed by atoms with van der Waals surface area (Å²) >= 11 is 6.75. The molecule has 4 bridgehead atoms. The number of rotatable bonds is 2. The van der Waals surface area contributed by atoms with Crippen LogP contribution in [0.15, 0.2) is 30.3 Å². The Bertz CT molecular complexity index is 541. The lowest BCUT2D eigenvalue weighted by Crippen LogP contribution is -2.61. The van der Waals surface area contributed by atoms with Gasteiger partial charge in [0.25, 0.3) is 0 Å². The van der Waals surface area contributed by atoms with Gasteiger partial charge in [-0.1, -0.05) is 30.3 Å². The van der Waals surface area contributed by atoms with E-state index in [1.54, 1.807) is 12.0 Å². The predicted molar refractivity (Wildman–Crippen MR) is 101 cm³/mol. The van der Waals surface area contributed by atoms with E-state index in [1.165, 1.54) is 30.8 Å². The van der Waals surface area contributed by atoms with Crippen molar-refractivity contribution in [1.82, 2.24) is 0 Å². The van der Waals surface area contributed by atoms with Crippen LogP contribution in [0.3, 0.4) is 0 Å². The molecule has 1 saturated heterocycles. The van der Waals surface area contributed by atoms with Crippen LogP contribution in [-0.2, 0) is 4.08 Å². The number of benzene rings is 1. The average Bonchev–Trinajstić information content (AvgIpc) is 2.94. The molecule has 5 fully saturated rings. The minimum Gasteiger partial charge on any atom is -0.141 e. The van der Waals surface area contributed by atoms with Crippen molar-refractivity contribution in [2.45, 2.75) is 40.9 Å². The van der Waals surface area contributed by atoms with Crippen molar-refractivity contribution < 1.29 is 0 Å². The van der Waals surface area contributed by atoms with Crippen LogP contribution in [0.5, 0.6) is 0 Å². The molecule has 0 aromatic heterocycles. The van der Waals surface area contributed by atoms with E-state index in [0.717, 1.165) is 23.7 Å². The first-order valence-electron chi connectivity index (χ1n) is 8.67. The van der Waals surface area contributed by atoms with Gasteiger partial charge in [0.2, 0.25) is 0 Å². The normalized spacial score (nSPS) is 49.1. The van der Waals surface area contributed by atoms with Gasteiger partial charge >= 0.3 is 0 Å². The molecule has 4 saturated carbocycles. The first kappa shape index (κ1) is 14.6. The van der Waals surface area contributed by atoms with Gasteiger partial charge in [-0.3, -0.25) is 0 Å². The molecule has 118 valence electrons. The second-order valence-electron chi connectivity index (χ2n) is 7.69. The molecule has 1 aliphatic heterocycles. The van der Waals surface area contributed by atoms with Crippen LogP contribution in [0.2, 0.25) is 0 Å². The minimum absolute atomic E-state index is 0.293. The Morgan fingerprint density at radius 1 is 0.909 bits per heavy atom. The molecular formula is C19H24S3. The molecule has 1 aromatic carbocycles. The van der Waals surface area contributed by atoms with Gasteiger partial charge < -0.3 is 0 Å². The van der Waals surface area contributed by atoms with Gasteiger partial charge in [0, 0.05) is 5.08 Å². The van der Waals surface area contributed by atoms with E-state index in [9.17, 15) is 0 Å². The Morgan fingerprint density at radius 2 is 1.55 bits per heavy atom. The lowest BCUT2D eigenvalue weighted by atomic mass is 9.50. The first-order chi connectivity index (χ1) is 10.8. The fourth-order valence-corrected chi connectivity index (χ4v) is 12.8. The van der Waals surface area contributed by atoms with Gasteiger partial charge in [-0.15, -0.1) is 35.3 Å². The van der Waals surface area contributed by atoms with Crippen molar-refractivity contribution >= 4 is 35.3 Å². The lowest BCUT2D eigenvalue weighted by molar-refractivity contribution is -0.0205. The summed E-state index contributed by atoms with van der Waals surface area (Å²) in [6, 6.07) is 11.5. The van der Waals surface area contributed by atoms with Gasteiger partial charge in [-0.05, 0) is 67.6 Å². The van der Waals surface area contributed by atoms with Crippen molar-refractivity contribution in [2.75, 3.05) is 11.3 Å². The lowest BCUT2D eigenvalue weighted by Gasteiger charge is -2.64. The van der Waals surface area contributed by atoms with E-state index in [4.69, 9.17) is 0 Å². The summed E-state index contributed by atoms with van der Waals surface area (Å²) in [5, 5.41) is 1.29. The molecule has 1 atom stereocenters. The van der Waals surface area contributed by atoms with Crippen LogP contribution in [0.1, 0.15) is 37.7 Å². The van der Waals surface area contributed by atoms with E-state index in [0.29, 0.717) is 8.83 Å². The highest BCUT2D eigenvalue weighted by atomic mass is 32.2. The highest BCUT2D eigenvalue weighted by Crippen LogP contribution is 2.76. The van der Waals surface area contributed by atoms with Crippen LogP contribution in [0.25, 0.3) is 0 Å². The standard InChI is InChI=1S/C19H24S3/c1-20-19(15-5-3-2-4-6-15)18(21-12-22-19)16-8-13-7-14(10-16)11-17(18)9-13/h2-6,13-14,16-17H,7-12H2,1H3. The van der Waals surface area contributed by atoms with E-state index in [-0.39, 0.29) is 0 Å². The summed E-state index contributed by atoms with van der Waals surface area (Å²) in [5.41, 5.74) is 1.59. The smallest absolute Gasteiger partial charge is 0.102 e. The van der Waals surface area contributed by atoms with Crippen molar-refractivity contribution in [3.05, 3.63) is 35.9 Å². The fraction of sp³-hybridized carbons (Fsp3) is 0.684. The topological polar surface area (TPSA) is 0 Å². The molecule has 3 heteroatoms. The first-order valence-corrected chi connectivity index (χ1v) is 11.9. The van der Waals surface area contributed by atoms with Crippen LogP contribution >= 0.6 is 35.3 Å². The van der Waals surface area contributed by atoms with Crippen LogP contribution in [0, 0.1) is 23.7 Å². The molecule has 0 amide bonds. The summed E-state index contributed by atoms with van der Waals surface area (Å²) in [6.45, 7) is 0. The van der Waals surface area contributed by atoms with Crippen LogP contribution < -0.4 is 0 Å². The van der Waals surface area contributed by atoms with Crippen molar-refractivity contribution in [3.63, 3.8) is 0 Å². The maximum absolute atomic E-state index is 2.40. The zero-order valence-electron chi connectivity index (χ0n) is 13.2. The Kier molecular flexibility index (Phi) is 3.41. The number of hydrogen-bond acceptors (Lipinski definition) is 3. The molecule has 0 nitrogen and oxygen atoms in total. The highest BCUT2D eigenvalue weighted by molar-refractivity contribution is 8.28. The Balaban J connectivity index is 1.66. The maximum atomic E-state index is 2.40. The van der Waals surface area contributed by atoms with E-state index >= 15 is 0 Å². The summed E-state index contributed by atoms with van der Waals surface area (Å²) in [6.07, 6.45) is 10.0. The Labute approximate surface area is 147 Å². The molecule has 6 rings (SSSR count). The molecule has 5 aliphatic rings. The highest BCUT2D eigenvalue weighted by Gasteiger charge is 2.69. The Morgan fingerprint density at radius 3 is 2.14 bits per heavy atom. The summed E-state index contributed by atoms with van der Waals surface area (Å²) < 4.78 is 0.799. The third-order valence-corrected chi connectivity index (χ3v) is 12.5. The number of hydrogen-bond donors (Lipinski definition) is 0. The fourth-order valence-electron chi connectivity index (χ4n) is 6.38. The van der Waals surface area contributed by atoms with E-state index in [1.807, 2.05) is 0 Å². The summed E-state index contributed by atoms with van der Waals surface area (Å²) in [5.74, 6) is 4.07. The Hall–Kier alpha value is 0.270. The molecular weight excluding hydrogens is 324 g/mol. The zero-order chi connectivity index (χ0) is 14.8. The molecule has 1 heterocycles. The quantitative estimate of drug-likeness (QED) is 0.659. The van der Waals surface area contributed by atoms with Gasteiger partial charge in [0.05, 0.1) is 4.75 Å². The van der Waals surface area contributed by atoms with Gasteiger partial charge in [-0.25, -0.2) is 0 Å². The van der Waals surface area contributed by atoms with E-state index < -0.39 is 0 Å². The summed E-state index contributed by atoms with van der Waals surface area (Å²) in [4.78, 5) is 0. The predicted octanol–water partition coefficient (Wildman–Crippen LogP) is 5.83. The second-order valence-corrected chi connectivity index (χ2v) is 11.8. The monoisotopic (exact) mass is 348 g/mol. The van der Waals surface area contributed by atoms with Gasteiger partial charge in [0.15, 0.2) is 0 Å². The third-order valence-electron chi connectivity index (χ3n) is 6.87. The van der Waals surface area contributed by atoms with Crippen molar-refractivity contribution in [3.8, 4) is 0 Å². The van der Waals surface area contributed by atoms with Gasteiger partial charge in [0.1, 0.15) is 4.08 Å². The molecule has 1 unspecified atom stereocenters. The van der Waals surface area contributed by atoms with Crippen molar-refractivity contribution in [2.24, 2.45) is 23.7 Å². The zero-order valence-corrected chi connectivity index (χ0v) is 15.6. The molecule has 22 heavy (non-hydrogen) atoms. The second kappa shape index (κ2) is 5.13. The number of thioether (sulfide) groups is 3.